The lowest BCUT2D eigenvalue weighted by Gasteiger charge is -2.32. The zero-order valence-corrected chi connectivity index (χ0v) is 19.0. The molecule has 0 radical (unpaired) electrons. The quantitative estimate of drug-likeness (QED) is 0.694. The lowest BCUT2D eigenvalue weighted by molar-refractivity contribution is -0.132. The van der Waals surface area contributed by atoms with Crippen molar-refractivity contribution >= 4 is 11.8 Å². The average molecular weight is 437 g/mol. The first-order chi connectivity index (χ1) is 15.6. The van der Waals surface area contributed by atoms with Gasteiger partial charge in [0.1, 0.15) is 11.6 Å². The molecule has 1 aromatic carbocycles. The fraction of sp³-hybridized carbons (Fsp3) is 0.520. The Morgan fingerprint density at radius 2 is 1.84 bits per heavy atom. The van der Waals surface area contributed by atoms with E-state index in [4.69, 9.17) is 4.74 Å². The number of hydrogen-bond acceptors (Lipinski definition) is 5. The van der Waals surface area contributed by atoms with E-state index in [0.717, 1.165) is 68.1 Å². The van der Waals surface area contributed by atoms with Crippen LogP contribution in [0.3, 0.4) is 0 Å². The van der Waals surface area contributed by atoms with Crippen LogP contribution >= 0.6 is 0 Å². The molecule has 7 nitrogen and oxygen atoms in total. The summed E-state index contributed by atoms with van der Waals surface area (Å²) in [6.07, 6.45) is 6.81. The molecule has 0 spiro atoms. The minimum atomic E-state index is 0.0309. The van der Waals surface area contributed by atoms with Gasteiger partial charge in [0.15, 0.2) is 0 Å². The van der Waals surface area contributed by atoms with Crippen molar-refractivity contribution in [3.63, 3.8) is 0 Å². The molecule has 2 fully saturated rings. The average Bonchev–Trinajstić information content (AvgIpc) is 3.37. The van der Waals surface area contributed by atoms with Crippen molar-refractivity contribution in [1.29, 1.82) is 0 Å². The third-order valence-electron chi connectivity index (χ3n) is 6.56. The topological polar surface area (TPSA) is 75.6 Å². The standard InChI is InChI=1S/C25H32N4O3/c1-18-21(25(31)28-13-5-6-14-28)16-26-24(27-18)20-9-7-15-29(17-20)23(30)12-11-19-8-3-4-10-22(19)32-2/h3-4,8,10,16,20H,5-7,9,11-15,17H2,1-2H3/t20-/m1/s1. The Morgan fingerprint density at radius 3 is 2.59 bits per heavy atom. The zero-order chi connectivity index (χ0) is 22.5. The number of rotatable bonds is 6. The Balaban J connectivity index is 1.38. The van der Waals surface area contributed by atoms with Crippen LogP contribution in [-0.2, 0) is 11.2 Å². The highest BCUT2D eigenvalue weighted by molar-refractivity contribution is 5.95. The predicted molar refractivity (Wildman–Crippen MR) is 122 cm³/mol. The van der Waals surface area contributed by atoms with Gasteiger partial charge >= 0.3 is 0 Å². The number of aromatic nitrogens is 2. The third-order valence-corrected chi connectivity index (χ3v) is 6.56. The summed E-state index contributed by atoms with van der Waals surface area (Å²) in [6, 6.07) is 7.84. The second-order valence-corrected chi connectivity index (χ2v) is 8.72. The van der Waals surface area contributed by atoms with E-state index in [1.165, 1.54) is 0 Å². The van der Waals surface area contributed by atoms with Crippen LogP contribution in [0.4, 0.5) is 0 Å². The van der Waals surface area contributed by atoms with Crippen molar-refractivity contribution in [2.24, 2.45) is 0 Å². The lowest BCUT2D eigenvalue weighted by atomic mass is 9.96. The molecule has 1 aromatic heterocycles. The number of methoxy groups -OCH3 is 1. The number of benzene rings is 1. The molecule has 2 amide bonds. The van der Waals surface area contributed by atoms with Gasteiger partial charge in [-0.15, -0.1) is 0 Å². The summed E-state index contributed by atoms with van der Waals surface area (Å²) in [5.74, 6) is 1.85. The highest BCUT2D eigenvalue weighted by Crippen LogP contribution is 2.27. The zero-order valence-electron chi connectivity index (χ0n) is 19.0. The smallest absolute Gasteiger partial charge is 0.257 e. The minimum absolute atomic E-state index is 0.0309. The van der Waals surface area contributed by atoms with Crippen LogP contribution < -0.4 is 4.74 Å². The molecule has 3 heterocycles. The predicted octanol–water partition coefficient (Wildman–Crippen LogP) is 3.37. The summed E-state index contributed by atoms with van der Waals surface area (Å²) in [6.45, 7) is 4.91. The van der Waals surface area contributed by atoms with E-state index in [1.54, 1.807) is 13.3 Å². The number of para-hydroxylation sites is 1. The van der Waals surface area contributed by atoms with Crippen molar-refractivity contribution in [3.8, 4) is 5.75 Å². The van der Waals surface area contributed by atoms with Crippen LogP contribution in [0.5, 0.6) is 5.75 Å². The van der Waals surface area contributed by atoms with Crippen LogP contribution in [0.15, 0.2) is 30.5 Å². The van der Waals surface area contributed by atoms with Crippen LogP contribution in [0.2, 0.25) is 0 Å². The summed E-state index contributed by atoms with van der Waals surface area (Å²) in [5, 5.41) is 0. The molecule has 0 bridgehead atoms. The van der Waals surface area contributed by atoms with Gasteiger partial charge < -0.3 is 14.5 Å². The van der Waals surface area contributed by atoms with Crippen molar-refractivity contribution in [3.05, 3.63) is 53.1 Å². The Bertz CT molecular complexity index is 971. The SMILES string of the molecule is COc1ccccc1CCC(=O)N1CCC[C@@H](c2ncc(C(=O)N3CCCC3)c(C)n2)C1. The number of carbonyl (C=O) groups is 2. The molecule has 32 heavy (non-hydrogen) atoms. The maximum absolute atomic E-state index is 12.9. The van der Waals surface area contributed by atoms with Crippen molar-refractivity contribution < 1.29 is 14.3 Å². The van der Waals surface area contributed by atoms with E-state index in [9.17, 15) is 9.59 Å². The van der Waals surface area contributed by atoms with Crippen LogP contribution in [0.25, 0.3) is 0 Å². The van der Waals surface area contributed by atoms with Gasteiger partial charge in [0.2, 0.25) is 5.91 Å². The molecule has 0 saturated carbocycles. The molecule has 2 aromatic rings. The highest BCUT2D eigenvalue weighted by Gasteiger charge is 2.28. The maximum Gasteiger partial charge on any atom is 0.257 e. The van der Waals surface area contributed by atoms with E-state index in [1.807, 2.05) is 41.0 Å². The number of ether oxygens (including phenoxy) is 1. The summed E-state index contributed by atoms with van der Waals surface area (Å²) < 4.78 is 5.40. The Kier molecular flexibility index (Phi) is 7.02. The molecule has 0 unspecified atom stereocenters. The second-order valence-electron chi connectivity index (χ2n) is 8.72. The van der Waals surface area contributed by atoms with Gasteiger partial charge in [-0.1, -0.05) is 18.2 Å². The van der Waals surface area contributed by atoms with Crippen molar-refractivity contribution in [2.75, 3.05) is 33.3 Å². The molecule has 0 aliphatic carbocycles. The summed E-state index contributed by atoms with van der Waals surface area (Å²) in [4.78, 5) is 38.7. The molecule has 170 valence electrons. The number of aryl methyl sites for hydroxylation is 2. The first-order valence-corrected chi connectivity index (χ1v) is 11.6. The number of piperidine rings is 1. The molecule has 1 atom stereocenters. The van der Waals surface area contributed by atoms with Crippen molar-refractivity contribution in [1.82, 2.24) is 19.8 Å². The maximum atomic E-state index is 12.9. The van der Waals surface area contributed by atoms with E-state index < -0.39 is 0 Å². The highest BCUT2D eigenvalue weighted by atomic mass is 16.5. The molecule has 2 aliphatic rings. The first kappa shape index (κ1) is 22.2. The van der Waals surface area contributed by atoms with Crippen molar-refractivity contribution in [2.45, 2.75) is 51.4 Å². The molecule has 2 saturated heterocycles. The molecule has 0 N–H and O–H groups in total. The summed E-state index contributed by atoms with van der Waals surface area (Å²) in [5.41, 5.74) is 2.37. The lowest BCUT2D eigenvalue weighted by Crippen LogP contribution is -2.39. The number of nitrogens with zero attached hydrogens (tertiary/aromatic N) is 4. The fourth-order valence-electron chi connectivity index (χ4n) is 4.71. The first-order valence-electron chi connectivity index (χ1n) is 11.6. The number of carbonyl (C=O) groups excluding carboxylic acids is 2. The minimum Gasteiger partial charge on any atom is -0.496 e. The van der Waals surface area contributed by atoms with E-state index >= 15 is 0 Å². The number of hydrogen-bond donors (Lipinski definition) is 0. The summed E-state index contributed by atoms with van der Waals surface area (Å²) >= 11 is 0. The van der Waals surface area contributed by atoms with E-state index in [-0.39, 0.29) is 17.7 Å². The monoisotopic (exact) mass is 436 g/mol. The normalized spacial score (nSPS) is 18.6. The number of likely N-dealkylation sites (tertiary alicyclic amines) is 2. The summed E-state index contributed by atoms with van der Waals surface area (Å²) in [7, 11) is 1.65. The van der Waals surface area contributed by atoms with Gasteiger partial charge in [-0.25, -0.2) is 9.97 Å². The van der Waals surface area contributed by atoms with Crippen LogP contribution in [-0.4, -0.2) is 64.9 Å². The van der Waals surface area contributed by atoms with Gasteiger partial charge in [-0.2, -0.15) is 0 Å². The van der Waals surface area contributed by atoms with Gasteiger partial charge in [-0.05, 0) is 50.7 Å². The Hall–Kier alpha value is -2.96. The van der Waals surface area contributed by atoms with Crippen LogP contribution in [0.1, 0.15) is 65.5 Å². The van der Waals surface area contributed by atoms with Crippen LogP contribution in [0, 0.1) is 6.92 Å². The fourth-order valence-corrected chi connectivity index (χ4v) is 4.71. The van der Waals surface area contributed by atoms with E-state index in [2.05, 4.69) is 9.97 Å². The molecule has 2 aliphatic heterocycles. The molecular weight excluding hydrogens is 404 g/mol. The van der Waals surface area contributed by atoms with E-state index in [0.29, 0.717) is 24.9 Å². The molecule has 4 rings (SSSR count). The van der Waals surface area contributed by atoms with Gasteiger partial charge in [0, 0.05) is 44.7 Å². The second kappa shape index (κ2) is 10.1. The number of amides is 2. The Labute approximate surface area is 189 Å². The molecule has 7 heteroatoms. The largest absolute Gasteiger partial charge is 0.496 e. The van der Waals surface area contributed by atoms with Gasteiger partial charge in [-0.3, -0.25) is 9.59 Å². The van der Waals surface area contributed by atoms with Gasteiger partial charge in [0.05, 0.1) is 18.4 Å². The Morgan fingerprint density at radius 1 is 1.09 bits per heavy atom. The molecular formula is C25H32N4O3. The third kappa shape index (κ3) is 4.92. The van der Waals surface area contributed by atoms with Gasteiger partial charge in [0.25, 0.3) is 5.91 Å².